The molecule has 0 bridgehead atoms. The van der Waals surface area contributed by atoms with Crippen LogP contribution in [0.5, 0.6) is 5.75 Å². The first-order chi connectivity index (χ1) is 11.8. The van der Waals surface area contributed by atoms with Crippen LogP contribution in [0.15, 0.2) is 54.6 Å². The predicted molar refractivity (Wildman–Crippen MR) is 111 cm³/mol. The van der Waals surface area contributed by atoms with Gasteiger partial charge in [0.25, 0.3) is 0 Å². The van der Waals surface area contributed by atoms with Crippen LogP contribution in [0, 0.1) is 5.92 Å². The number of ether oxygens (including phenoxy) is 1. The summed E-state index contributed by atoms with van der Waals surface area (Å²) in [5.74, 6) is 1.78. The third-order valence-corrected chi connectivity index (χ3v) is 5.03. The third-order valence-electron chi connectivity index (χ3n) is 4.78. The summed E-state index contributed by atoms with van der Waals surface area (Å²) in [5, 5.41) is 0.825. The van der Waals surface area contributed by atoms with Crippen LogP contribution >= 0.6 is 28.6 Å². The fourth-order valence-corrected chi connectivity index (χ4v) is 3.49. The second-order valence-electron chi connectivity index (χ2n) is 6.63. The molecule has 1 heterocycles. The molecule has 2 nitrogen and oxygen atoms in total. The first-order valence-corrected chi connectivity index (χ1v) is 9.32. The standard InChI is InChI=1S/C21H26ClNO.BrH/c22-20-9-7-18(8-10-20)17-19-11-14-23(15-12-19)13-4-16-24-21-5-2-1-3-6-21;/h1-3,5-10,19H,4,11-17H2;1H. The molecule has 1 fully saturated rings. The van der Waals surface area contributed by atoms with E-state index in [4.69, 9.17) is 16.3 Å². The minimum atomic E-state index is 0. The van der Waals surface area contributed by atoms with Crippen molar-refractivity contribution >= 4 is 28.6 Å². The summed E-state index contributed by atoms with van der Waals surface area (Å²) in [5.41, 5.74) is 1.41. The number of hydrogen-bond acceptors (Lipinski definition) is 2. The lowest BCUT2D eigenvalue weighted by Gasteiger charge is -2.32. The largest absolute Gasteiger partial charge is 0.494 e. The number of halogens is 2. The summed E-state index contributed by atoms with van der Waals surface area (Å²) in [6.07, 6.45) is 4.86. The minimum absolute atomic E-state index is 0. The van der Waals surface area contributed by atoms with Gasteiger partial charge in [0.05, 0.1) is 6.61 Å². The van der Waals surface area contributed by atoms with E-state index in [9.17, 15) is 0 Å². The first kappa shape index (κ1) is 20.3. The Balaban J connectivity index is 0.00000225. The molecule has 0 unspecified atom stereocenters. The maximum atomic E-state index is 5.96. The van der Waals surface area contributed by atoms with Crippen molar-refractivity contribution in [2.75, 3.05) is 26.2 Å². The van der Waals surface area contributed by atoms with Gasteiger partial charge in [0.2, 0.25) is 0 Å². The predicted octanol–water partition coefficient (Wildman–Crippen LogP) is 5.64. The quantitative estimate of drug-likeness (QED) is 0.533. The fourth-order valence-electron chi connectivity index (χ4n) is 3.36. The van der Waals surface area contributed by atoms with Gasteiger partial charge in [-0.25, -0.2) is 0 Å². The molecular formula is C21H27BrClNO. The maximum Gasteiger partial charge on any atom is 0.119 e. The summed E-state index contributed by atoms with van der Waals surface area (Å²) in [6, 6.07) is 18.4. The SMILES string of the molecule is Br.Clc1ccc(CC2CCN(CCCOc3ccccc3)CC2)cc1. The molecule has 0 N–H and O–H groups in total. The molecule has 136 valence electrons. The molecule has 1 aliphatic heterocycles. The number of piperidine rings is 1. The summed E-state index contributed by atoms with van der Waals surface area (Å²) in [7, 11) is 0. The van der Waals surface area contributed by atoms with Gasteiger partial charge in [-0.3, -0.25) is 0 Å². The van der Waals surface area contributed by atoms with Crippen molar-refractivity contribution in [3.8, 4) is 5.75 Å². The van der Waals surface area contributed by atoms with E-state index < -0.39 is 0 Å². The Labute approximate surface area is 166 Å². The number of rotatable bonds is 7. The smallest absolute Gasteiger partial charge is 0.119 e. The van der Waals surface area contributed by atoms with Crippen molar-refractivity contribution in [1.82, 2.24) is 4.90 Å². The van der Waals surface area contributed by atoms with Crippen LogP contribution < -0.4 is 4.74 Å². The summed E-state index contributed by atoms with van der Waals surface area (Å²) in [4.78, 5) is 2.58. The van der Waals surface area contributed by atoms with E-state index in [2.05, 4.69) is 17.0 Å². The zero-order valence-corrected chi connectivity index (χ0v) is 17.0. The number of hydrogen-bond donors (Lipinski definition) is 0. The van der Waals surface area contributed by atoms with Crippen LogP contribution in [0.4, 0.5) is 0 Å². The molecule has 0 atom stereocenters. The van der Waals surface area contributed by atoms with Crippen LogP contribution in [0.25, 0.3) is 0 Å². The lowest BCUT2D eigenvalue weighted by Crippen LogP contribution is -2.35. The van der Waals surface area contributed by atoms with Gasteiger partial charge in [-0.1, -0.05) is 41.9 Å². The lowest BCUT2D eigenvalue weighted by atomic mass is 9.90. The molecule has 0 spiro atoms. The Morgan fingerprint density at radius 2 is 1.64 bits per heavy atom. The van der Waals surface area contributed by atoms with Crippen LogP contribution in [0.1, 0.15) is 24.8 Å². The molecule has 1 aliphatic rings. The minimum Gasteiger partial charge on any atom is -0.494 e. The Bertz CT molecular complexity index is 597. The van der Waals surface area contributed by atoms with Crippen LogP contribution in [-0.2, 0) is 6.42 Å². The summed E-state index contributed by atoms with van der Waals surface area (Å²) >= 11 is 5.96. The monoisotopic (exact) mass is 423 g/mol. The number of benzene rings is 2. The third kappa shape index (κ3) is 7.01. The molecule has 0 amide bonds. The van der Waals surface area contributed by atoms with E-state index in [0.717, 1.165) is 36.3 Å². The van der Waals surface area contributed by atoms with Gasteiger partial charge in [0.1, 0.15) is 5.75 Å². The van der Waals surface area contributed by atoms with Gasteiger partial charge in [-0.15, -0.1) is 17.0 Å². The second kappa shape index (κ2) is 10.8. The molecule has 0 aromatic heterocycles. The first-order valence-electron chi connectivity index (χ1n) is 8.94. The lowest BCUT2D eigenvalue weighted by molar-refractivity contribution is 0.170. The molecule has 1 saturated heterocycles. The Morgan fingerprint density at radius 1 is 0.960 bits per heavy atom. The highest BCUT2D eigenvalue weighted by Crippen LogP contribution is 2.22. The molecular weight excluding hydrogens is 398 g/mol. The second-order valence-corrected chi connectivity index (χ2v) is 7.07. The van der Waals surface area contributed by atoms with E-state index >= 15 is 0 Å². The molecule has 25 heavy (non-hydrogen) atoms. The number of para-hydroxylation sites is 1. The van der Waals surface area contributed by atoms with E-state index in [1.54, 1.807) is 0 Å². The van der Waals surface area contributed by atoms with E-state index in [1.165, 1.54) is 37.9 Å². The molecule has 0 radical (unpaired) electrons. The van der Waals surface area contributed by atoms with Crippen molar-refractivity contribution in [3.63, 3.8) is 0 Å². The van der Waals surface area contributed by atoms with Gasteiger partial charge in [0.15, 0.2) is 0 Å². The van der Waals surface area contributed by atoms with Gasteiger partial charge >= 0.3 is 0 Å². The number of likely N-dealkylation sites (tertiary alicyclic amines) is 1. The zero-order valence-electron chi connectivity index (χ0n) is 14.6. The molecule has 2 aromatic rings. The van der Waals surface area contributed by atoms with Gasteiger partial charge < -0.3 is 9.64 Å². The highest BCUT2D eigenvalue weighted by Gasteiger charge is 2.19. The highest BCUT2D eigenvalue weighted by atomic mass is 79.9. The fraction of sp³-hybridized carbons (Fsp3) is 0.429. The van der Waals surface area contributed by atoms with Crippen LogP contribution in [0.2, 0.25) is 5.02 Å². The Morgan fingerprint density at radius 3 is 2.32 bits per heavy atom. The van der Waals surface area contributed by atoms with Gasteiger partial charge in [0, 0.05) is 11.6 Å². The van der Waals surface area contributed by atoms with E-state index in [-0.39, 0.29) is 17.0 Å². The molecule has 3 rings (SSSR count). The maximum absolute atomic E-state index is 5.96. The van der Waals surface area contributed by atoms with Crippen LogP contribution in [0.3, 0.4) is 0 Å². The van der Waals surface area contributed by atoms with Crippen molar-refractivity contribution in [1.29, 1.82) is 0 Å². The molecule has 0 aliphatic carbocycles. The molecule has 4 heteroatoms. The van der Waals surface area contributed by atoms with Gasteiger partial charge in [-0.05, 0) is 74.5 Å². The van der Waals surface area contributed by atoms with E-state index in [1.807, 2.05) is 42.5 Å². The highest BCUT2D eigenvalue weighted by molar-refractivity contribution is 8.93. The summed E-state index contributed by atoms with van der Waals surface area (Å²) < 4.78 is 5.77. The molecule has 2 aromatic carbocycles. The van der Waals surface area contributed by atoms with Crippen molar-refractivity contribution in [3.05, 3.63) is 65.2 Å². The Kier molecular flexibility index (Phi) is 8.80. The van der Waals surface area contributed by atoms with Crippen molar-refractivity contribution < 1.29 is 4.74 Å². The van der Waals surface area contributed by atoms with Crippen molar-refractivity contribution in [2.45, 2.75) is 25.7 Å². The molecule has 0 saturated carbocycles. The Hall–Kier alpha value is -1.03. The zero-order chi connectivity index (χ0) is 16.6. The van der Waals surface area contributed by atoms with Gasteiger partial charge in [-0.2, -0.15) is 0 Å². The average molecular weight is 425 g/mol. The normalized spacial score (nSPS) is 15.6. The van der Waals surface area contributed by atoms with Crippen LogP contribution in [-0.4, -0.2) is 31.1 Å². The van der Waals surface area contributed by atoms with E-state index in [0.29, 0.717) is 0 Å². The topological polar surface area (TPSA) is 12.5 Å². The van der Waals surface area contributed by atoms with Crippen molar-refractivity contribution in [2.24, 2.45) is 5.92 Å². The summed E-state index contributed by atoms with van der Waals surface area (Å²) in [6.45, 7) is 4.36. The number of nitrogens with zero attached hydrogens (tertiary/aromatic N) is 1. The average Bonchev–Trinajstić information content (AvgIpc) is 2.63.